The smallest absolute Gasteiger partial charge is 0.195 e. The van der Waals surface area contributed by atoms with Gasteiger partial charge in [-0.15, -0.1) is 11.6 Å². The summed E-state index contributed by atoms with van der Waals surface area (Å²) in [7, 11) is -3.29. The molecule has 18 heavy (non-hydrogen) atoms. The molecule has 1 heterocycles. The van der Waals surface area contributed by atoms with Crippen molar-refractivity contribution in [1.29, 1.82) is 0 Å². The average Bonchev–Trinajstić information content (AvgIpc) is 2.39. The van der Waals surface area contributed by atoms with Crippen molar-refractivity contribution < 1.29 is 8.42 Å². The molecule has 0 bridgehead atoms. The molecule has 1 fully saturated rings. The van der Waals surface area contributed by atoms with Crippen LogP contribution in [0, 0.1) is 5.92 Å². The van der Waals surface area contributed by atoms with Gasteiger partial charge >= 0.3 is 0 Å². The Balaban J connectivity index is 2.74. The van der Waals surface area contributed by atoms with Crippen molar-refractivity contribution in [3.8, 4) is 0 Å². The Hall–Kier alpha value is 0.160. The van der Waals surface area contributed by atoms with Gasteiger partial charge < -0.3 is 0 Å². The number of rotatable bonds is 6. The number of alkyl halides is 1. The van der Waals surface area contributed by atoms with E-state index in [0.29, 0.717) is 31.4 Å². The van der Waals surface area contributed by atoms with Crippen molar-refractivity contribution in [2.45, 2.75) is 46.1 Å². The number of nitrogens with zero attached hydrogens (tertiary/aromatic N) is 2. The van der Waals surface area contributed by atoms with E-state index in [4.69, 9.17) is 11.6 Å². The lowest BCUT2D eigenvalue weighted by molar-refractivity contribution is 0.251. The molecule has 6 heteroatoms. The lowest BCUT2D eigenvalue weighted by Gasteiger charge is -2.36. The molecule has 1 aliphatic rings. The molecule has 1 unspecified atom stereocenters. The van der Waals surface area contributed by atoms with Gasteiger partial charge in [-0.05, 0) is 32.1 Å². The molecule has 0 aromatic heterocycles. The normalized spacial score (nSPS) is 21.4. The van der Waals surface area contributed by atoms with Crippen LogP contribution in [0.15, 0.2) is 0 Å². The number of hydrogen-bond acceptors (Lipinski definition) is 2. The Kier molecular flexibility index (Phi) is 6.38. The van der Waals surface area contributed by atoms with E-state index < -0.39 is 10.2 Å². The molecule has 0 amide bonds. The van der Waals surface area contributed by atoms with Crippen LogP contribution in [-0.4, -0.2) is 48.6 Å². The lowest BCUT2D eigenvalue weighted by atomic mass is 10.0. The summed E-state index contributed by atoms with van der Waals surface area (Å²) in [5.41, 5.74) is 0. The van der Waals surface area contributed by atoms with Gasteiger partial charge in [0.25, 0.3) is 10.2 Å². The Bertz CT molecular complexity index is 340. The third-order valence-electron chi connectivity index (χ3n) is 3.81. The minimum atomic E-state index is -3.29. The van der Waals surface area contributed by atoms with Crippen LogP contribution in [0.5, 0.6) is 0 Å². The summed E-state index contributed by atoms with van der Waals surface area (Å²) in [6, 6.07) is 0.0609. The van der Waals surface area contributed by atoms with Crippen LogP contribution < -0.4 is 0 Å². The van der Waals surface area contributed by atoms with Crippen LogP contribution in [0.25, 0.3) is 0 Å². The monoisotopic (exact) mass is 296 g/mol. The zero-order valence-corrected chi connectivity index (χ0v) is 13.2. The highest BCUT2D eigenvalue weighted by atomic mass is 35.5. The zero-order valence-electron chi connectivity index (χ0n) is 11.6. The van der Waals surface area contributed by atoms with Crippen LogP contribution in [-0.2, 0) is 10.2 Å². The highest BCUT2D eigenvalue weighted by Crippen LogP contribution is 2.23. The topological polar surface area (TPSA) is 40.6 Å². The molecule has 108 valence electrons. The Labute approximate surface area is 116 Å². The quantitative estimate of drug-likeness (QED) is 0.706. The van der Waals surface area contributed by atoms with Crippen molar-refractivity contribution >= 4 is 21.8 Å². The highest BCUT2D eigenvalue weighted by Gasteiger charge is 2.33. The fraction of sp³-hybridized carbons (Fsp3) is 1.00. The first-order valence-corrected chi connectivity index (χ1v) is 8.73. The molecule has 0 aliphatic carbocycles. The van der Waals surface area contributed by atoms with Gasteiger partial charge in [0.1, 0.15) is 0 Å². The van der Waals surface area contributed by atoms with Gasteiger partial charge in [0, 0.05) is 31.6 Å². The molecule has 4 nitrogen and oxygen atoms in total. The first-order chi connectivity index (χ1) is 8.47. The summed E-state index contributed by atoms with van der Waals surface area (Å²) >= 11 is 5.83. The molecule has 1 rings (SSSR count). The van der Waals surface area contributed by atoms with Crippen LogP contribution in [0.2, 0.25) is 0 Å². The molecule has 0 spiro atoms. The maximum atomic E-state index is 12.5. The summed E-state index contributed by atoms with van der Waals surface area (Å²) in [6.07, 6.45) is 2.59. The molecular weight excluding hydrogens is 272 g/mol. The molecule has 0 radical (unpaired) electrons. The zero-order chi connectivity index (χ0) is 13.8. The molecular formula is C12H25ClN2O2S. The van der Waals surface area contributed by atoms with Gasteiger partial charge in [-0.2, -0.15) is 17.0 Å². The van der Waals surface area contributed by atoms with E-state index in [0.717, 1.165) is 19.3 Å². The maximum Gasteiger partial charge on any atom is 0.282 e. The fourth-order valence-electron chi connectivity index (χ4n) is 2.35. The van der Waals surface area contributed by atoms with E-state index in [-0.39, 0.29) is 6.04 Å². The highest BCUT2D eigenvalue weighted by molar-refractivity contribution is 7.86. The van der Waals surface area contributed by atoms with Gasteiger partial charge in [-0.25, -0.2) is 0 Å². The first-order valence-electron chi connectivity index (χ1n) is 6.80. The Morgan fingerprint density at radius 2 is 1.89 bits per heavy atom. The number of hydrogen-bond donors (Lipinski definition) is 0. The van der Waals surface area contributed by atoms with Crippen LogP contribution in [0.3, 0.4) is 0 Å². The molecule has 0 N–H and O–H groups in total. The molecule has 1 atom stereocenters. The minimum Gasteiger partial charge on any atom is -0.195 e. The van der Waals surface area contributed by atoms with E-state index in [1.165, 1.54) is 0 Å². The largest absolute Gasteiger partial charge is 0.282 e. The van der Waals surface area contributed by atoms with E-state index in [2.05, 4.69) is 0 Å². The standard InChI is InChI=1S/C12H25ClN2O2S/c1-4-11(3)15(5-2)18(16,17)14-8-6-12(10-13)7-9-14/h11-12H,4-10H2,1-3H3. The fourth-order valence-corrected chi connectivity index (χ4v) is 4.56. The van der Waals surface area contributed by atoms with Gasteiger partial charge in [0.15, 0.2) is 0 Å². The number of halogens is 1. The van der Waals surface area contributed by atoms with Crippen molar-refractivity contribution in [3.05, 3.63) is 0 Å². The van der Waals surface area contributed by atoms with Crippen molar-refractivity contribution in [2.75, 3.05) is 25.5 Å². The Morgan fingerprint density at radius 3 is 2.28 bits per heavy atom. The van der Waals surface area contributed by atoms with Gasteiger partial charge in [-0.1, -0.05) is 13.8 Å². The third-order valence-corrected chi connectivity index (χ3v) is 6.47. The summed E-state index contributed by atoms with van der Waals surface area (Å²) in [6.45, 7) is 7.62. The molecule has 0 aromatic rings. The summed E-state index contributed by atoms with van der Waals surface area (Å²) in [5.74, 6) is 1.10. The molecule has 1 saturated heterocycles. The van der Waals surface area contributed by atoms with E-state index in [1.54, 1.807) is 8.61 Å². The lowest BCUT2D eigenvalue weighted by Crippen LogP contribution is -2.50. The number of piperidine rings is 1. The summed E-state index contributed by atoms with van der Waals surface area (Å²) in [4.78, 5) is 0. The second-order valence-electron chi connectivity index (χ2n) is 4.97. The molecule has 1 aliphatic heterocycles. The SMILES string of the molecule is CCC(C)N(CC)S(=O)(=O)N1CCC(CCl)CC1. The second kappa shape index (κ2) is 7.08. The molecule has 0 saturated carbocycles. The third kappa shape index (κ3) is 3.59. The van der Waals surface area contributed by atoms with E-state index in [1.807, 2.05) is 20.8 Å². The molecule has 0 aromatic carbocycles. The predicted molar refractivity (Wildman–Crippen MR) is 76.1 cm³/mol. The second-order valence-corrected chi connectivity index (χ2v) is 7.15. The summed E-state index contributed by atoms with van der Waals surface area (Å²) in [5, 5.41) is 0. The van der Waals surface area contributed by atoms with Crippen LogP contribution in [0.1, 0.15) is 40.0 Å². The van der Waals surface area contributed by atoms with Crippen molar-refractivity contribution in [3.63, 3.8) is 0 Å². The van der Waals surface area contributed by atoms with E-state index in [9.17, 15) is 8.42 Å². The van der Waals surface area contributed by atoms with E-state index >= 15 is 0 Å². The average molecular weight is 297 g/mol. The predicted octanol–water partition coefficient (Wildman–Crippen LogP) is 2.30. The van der Waals surface area contributed by atoms with Crippen molar-refractivity contribution in [2.24, 2.45) is 5.92 Å². The minimum absolute atomic E-state index is 0.0609. The van der Waals surface area contributed by atoms with Crippen molar-refractivity contribution in [1.82, 2.24) is 8.61 Å². The van der Waals surface area contributed by atoms with Crippen LogP contribution in [0.4, 0.5) is 0 Å². The summed E-state index contributed by atoms with van der Waals surface area (Å²) < 4.78 is 28.3. The van der Waals surface area contributed by atoms with Gasteiger partial charge in [0.2, 0.25) is 0 Å². The Morgan fingerprint density at radius 1 is 1.33 bits per heavy atom. The maximum absolute atomic E-state index is 12.5. The van der Waals surface area contributed by atoms with Gasteiger partial charge in [-0.3, -0.25) is 0 Å². The first kappa shape index (κ1) is 16.2. The van der Waals surface area contributed by atoms with Gasteiger partial charge in [0.05, 0.1) is 0 Å². The van der Waals surface area contributed by atoms with Crippen LogP contribution >= 0.6 is 11.6 Å².